The summed E-state index contributed by atoms with van der Waals surface area (Å²) in [6, 6.07) is 9.66. The van der Waals surface area contributed by atoms with Crippen LogP contribution in [0.15, 0.2) is 30.3 Å². The van der Waals surface area contributed by atoms with E-state index < -0.39 is 12.1 Å². The van der Waals surface area contributed by atoms with Crippen LogP contribution in [0.1, 0.15) is 32.0 Å². The first-order chi connectivity index (χ1) is 14.6. The summed E-state index contributed by atoms with van der Waals surface area (Å²) in [5.74, 6) is -2.48. The number of amides is 1. The number of para-hydroxylation sites is 1. The summed E-state index contributed by atoms with van der Waals surface area (Å²) >= 11 is 1.56. The average Bonchev–Trinajstić information content (AvgIpc) is 3.13. The normalized spacial score (nSPS) is 13.8. The molecule has 2 aromatic heterocycles. The van der Waals surface area contributed by atoms with E-state index in [1.54, 1.807) is 17.4 Å². The summed E-state index contributed by atoms with van der Waals surface area (Å²) < 4.78 is 31.7. The van der Waals surface area contributed by atoms with Crippen LogP contribution in [0, 0.1) is 6.92 Å². The molecule has 0 bridgehead atoms. The fourth-order valence-electron chi connectivity index (χ4n) is 2.63. The second kappa shape index (κ2) is 9.35. The van der Waals surface area contributed by atoms with Crippen LogP contribution >= 0.6 is 11.3 Å². The fourth-order valence-corrected chi connectivity index (χ4v) is 3.52. The molecule has 0 aliphatic carbocycles. The van der Waals surface area contributed by atoms with Gasteiger partial charge >= 0.3 is 12.1 Å². The summed E-state index contributed by atoms with van der Waals surface area (Å²) in [5, 5.41) is 24.5. The van der Waals surface area contributed by atoms with Gasteiger partial charge in [-0.25, -0.2) is 9.78 Å². The van der Waals surface area contributed by atoms with E-state index in [1.165, 1.54) is 0 Å². The van der Waals surface area contributed by atoms with Gasteiger partial charge in [0, 0.05) is 24.4 Å². The molecule has 1 saturated heterocycles. The maximum Gasteiger partial charge on any atom is 0.490 e. The van der Waals surface area contributed by atoms with Gasteiger partial charge in [0.1, 0.15) is 15.7 Å². The van der Waals surface area contributed by atoms with Gasteiger partial charge in [0.15, 0.2) is 0 Å². The van der Waals surface area contributed by atoms with Gasteiger partial charge in [0.2, 0.25) is 0 Å². The van der Waals surface area contributed by atoms with Crippen molar-refractivity contribution < 1.29 is 27.9 Å². The van der Waals surface area contributed by atoms with Crippen molar-refractivity contribution in [1.82, 2.24) is 25.8 Å². The molecule has 0 atom stereocenters. The number of carboxylic acid groups (broad SMARTS) is 1. The number of nitrogens with zero attached hydrogens (tertiary/aromatic N) is 3. The Morgan fingerprint density at radius 1 is 1.23 bits per heavy atom. The molecule has 1 aromatic carbocycles. The number of aryl methyl sites for hydroxylation is 1. The number of alkyl halides is 3. The number of carboxylic acids is 1. The molecular weight excluding hydrogens is 435 g/mol. The fraction of sp³-hybridized carbons (Fsp3) is 0.316. The van der Waals surface area contributed by atoms with Crippen LogP contribution in [0.25, 0.3) is 10.9 Å². The number of hydrogen-bond donors (Lipinski definition) is 3. The van der Waals surface area contributed by atoms with Crippen molar-refractivity contribution in [2.75, 3.05) is 13.1 Å². The average molecular weight is 453 g/mol. The van der Waals surface area contributed by atoms with Crippen molar-refractivity contribution in [3.05, 3.63) is 51.6 Å². The maximum absolute atomic E-state index is 12.4. The van der Waals surface area contributed by atoms with Crippen LogP contribution in [0.3, 0.4) is 0 Å². The first-order valence-electron chi connectivity index (χ1n) is 9.13. The molecule has 164 valence electrons. The number of pyridine rings is 1. The second-order valence-corrected chi connectivity index (χ2v) is 7.81. The Balaban J connectivity index is 0.000000339. The van der Waals surface area contributed by atoms with E-state index in [4.69, 9.17) is 9.90 Å². The molecule has 12 heteroatoms. The Labute approximate surface area is 178 Å². The number of fused-ring (bicyclic) bond motifs is 1. The predicted molar refractivity (Wildman–Crippen MR) is 107 cm³/mol. The molecule has 1 fully saturated rings. The minimum absolute atomic E-state index is 0.192. The Bertz CT molecular complexity index is 1100. The molecule has 4 rings (SSSR count). The number of hydrogen-bond acceptors (Lipinski definition) is 7. The lowest BCUT2D eigenvalue weighted by Gasteiger charge is -2.23. The summed E-state index contributed by atoms with van der Waals surface area (Å²) in [4.78, 5) is 25.7. The maximum atomic E-state index is 12.4. The van der Waals surface area contributed by atoms with Gasteiger partial charge in [-0.05, 0) is 18.6 Å². The van der Waals surface area contributed by atoms with Gasteiger partial charge in [0.25, 0.3) is 5.91 Å². The second-order valence-electron chi connectivity index (χ2n) is 6.72. The SMILES string of the molecule is Cc1cccc2ccc(C(=O)NCc3nnc(C4CNC4)s3)nc12.O=C(O)C(F)(F)F. The first-order valence-corrected chi connectivity index (χ1v) is 9.94. The van der Waals surface area contributed by atoms with E-state index in [1.807, 2.05) is 31.2 Å². The molecule has 0 radical (unpaired) electrons. The number of halogens is 3. The molecule has 0 spiro atoms. The van der Waals surface area contributed by atoms with Gasteiger partial charge in [-0.1, -0.05) is 35.6 Å². The summed E-state index contributed by atoms with van der Waals surface area (Å²) in [6.07, 6.45) is -5.08. The van der Waals surface area contributed by atoms with Crippen LogP contribution in [-0.4, -0.2) is 51.4 Å². The van der Waals surface area contributed by atoms with Gasteiger partial charge in [-0.15, -0.1) is 10.2 Å². The van der Waals surface area contributed by atoms with Gasteiger partial charge in [-0.2, -0.15) is 13.2 Å². The minimum atomic E-state index is -5.08. The van der Waals surface area contributed by atoms with Crippen LogP contribution in [-0.2, 0) is 11.3 Å². The topological polar surface area (TPSA) is 117 Å². The molecule has 8 nitrogen and oxygen atoms in total. The summed E-state index contributed by atoms with van der Waals surface area (Å²) in [5.41, 5.74) is 2.34. The number of aliphatic carboxylic acids is 1. The number of rotatable bonds is 4. The Morgan fingerprint density at radius 2 is 1.94 bits per heavy atom. The molecule has 1 amide bonds. The molecule has 3 heterocycles. The highest BCUT2D eigenvalue weighted by atomic mass is 32.1. The van der Waals surface area contributed by atoms with Crippen LogP contribution in [0.2, 0.25) is 0 Å². The lowest BCUT2D eigenvalue weighted by molar-refractivity contribution is -0.192. The lowest BCUT2D eigenvalue weighted by Crippen LogP contribution is -2.39. The number of aromatic nitrogens is 3. The molecule has 0 unspecified atom stereocenters. The van der Waals surface area contributed by atoms with E-state index in [-0.39, 0.29) is 5.91 Å². The van der Waals surface area contributed by atoms with Crippen LogP contribution in [0.4, 0.5) is 13.2 Å². The third-order valence-electron chi connectivity index (χ3n) is 4.41. The molecule has 1 aliphatic heterocycles. The highest BCUT2D eigenvalue weighted by Crippen LogP contribution is 2.23. The van der Waals surface area contributed by atoms with Crippen molar-refractivity contribution in [2.45, 2.75) is 25.6 Å². The zero-order valence-electron chi connectivity index (χ0n) is 16.2. The third kappa shape index (κ3) is 5.73. The molecule has 3 N–H and O–H groups in total. The largest absolute Gasteiger partial charge is 0.490 e. The summed E-state index contributed by atoms with van der Waals surface area (Å²) in [7, 11) is 0. The number of benzene rings is 1. The first kappa shape index (κ1) is 22.6. The zero-order chi connectivity index (χ0) is 22.6. The van der Waals surface area contributed by atoms with E-state index >= 15 is 0 Å². The third-order valence-corrected chi connectivity index (χ3v) is 5.50. The van der Waals surface area contributed by atoms with Gasteiger partial charge in [0.05, 0.1) is 12.1 Å². The monoisotopic (exact) mass is 453 g/mol. The Morgan fingerprint density at radius 3 is 2.55 bits per heavy atom. The van der Waals surface area contributed by atoms with Crippen LogP contribution in [0.5, 0.6) is 0 Å². The van der Waals surface area contributed by atoms with E-state index in [0.29, 0.717) is 18.2 Å². The lowest BCUT2D eigenvalue weighted by atomic mass is 10.1. The number of carbonyl (C=O) groups excluding carboxylic acids is 1. The smallest absolute Gasteiger partial charge is 0.475 e. The molecule has 0 saturated carbocycles. The standard InChI is InChI=1S/C17H17N5OS.C2HF3O2/c1-10-3-2-4-11-5-6-13(20-15(10)11)16(23)19-9-14-21-22-17(24-14)12-7-18-8-12;3-2(4,5)1(6)7/h2-6,12,18H,7-9H2,1H3,(H,19,23);(H,6,7). The highest BCUT2D eigenvalue weighted by molar-refractivity contribution is 7.11. The molecular formula is C19H18F3N5O3S. The zero-order valence-corrected chi connectivity index (χ0v) is 17.0. The number of carbonyl (C=O) groups is 2. The van der Waals surface area contributed by atoms with E-state index in [9.17, 15) is 18.0 Å². The molecule has 31 heavy (non-hydrogen) atoms. The minimum Gasteiger partial charge on any atom is -0.475 e. The van der Waals surface area contributed by atoms with Crippen LogP contribution < -0.4 is 10.6 Å². The van der Waals surface area contributed by atoms with Crippen molar-refractivity contribution >= 4 is 34.1 Å². The predicted octanol–water partition coefficient (Wildman–Crippen LogP) is 2.64. The van der Waals surface area contributed by atoms with E-state index in [2.05, 4.69) is 25.8 Å². The highest BCUT2D eigenvalue weighted by Gasteiger charge is 2.38. The Hall–Kier alpha value is -3.12. The quantitative estimate of drug-likeness (QED) is 0.556. The Kier molecular flexibility index (Phi) is 6.81. The van der Waals surface area contributed by atoms with Gasteiger partial charge in [-0.3, -0.25) is 4.79 Å². The van der Waals surface area contributed by atoms with Crippen molar-refractivity contribution in [1.29, 1.82) is 0 Å². The van der Waals surface area contributed by atoms with Crippen molar-refractivity contribution in [2.24, 2.45) is 0 Å². The van der Waals surface area contributed by atoms with E-state index in [0.717, 1.165) is 39.6 Å². The van der Waals surface area contributed by atoms with Gasteiger partial charge < -0.3 is 15.7 Å². The number of nitrogens with one attached hydrogen (secondary N) is 2. The van der Waals surface area contributed by atoms with Crippen molar-refractivity contribution in [3.8, 4) is 0 Å². The summed E-state index contributed by atoms with van der Waals surface area (Å²) in [6.45, 7) is 4.29. The molecule has 1 aliphatic rings. The van der Waals surface area contributed by atoms with Crippen molar-refractivity contribution in [3.63, 3.8) is 0 Å². The molecule has 3 aromatic rings.